The fourth-order valence-electron chi connectivity index (χ4n) is 4.94. The molecule has 170 valence electrons. The van der Waals surface area contributed by atoms with Crippen molar-refractivity contribution in [1.82, 2.24) is 14.8 Å². The average molecular weight is 442 g/mol. The third-order valence-electron chi connectivity index (χ3n) is 6.50. The van der Waals surface area contributed by atoms with Gasteiger partial charge in [0.1, 0.15) is 0 Å². The highest BCUT2D eigenvalue weighted by Gasteiger charge is 2.44. The van der Waals surface area contributed by atoms with Gasteiger partial charge in [-0.25, -0.2) is 0 Å². The number of aromatic nitrogens is 1. The SMILES string of the molecule is CN(C)C(=O)[C@]1(Cc2ccccc2-c2ccccc2)CCCN(C(=O)Cc2cccnc2)C1. The lowest BCUT2D eigenvalue weighted by Crippen LogP contribution is -2.54. The van der Waals surface area contributed by atoms with E-state index in [1.54, 1.807) is 17.3 Å². The highest BCUT2D eigenvalue weighted by atomic mass is 16.2. The molecule has 2 heterocycles. The van der Waals surface area contributed by atoms with Crippen molar-refractivity contribution >= 4 is 11.8 Å². The first kappa shape index (κ1) is 22.7. The first-order chi connectivity index (χ1) is 16.0. The normalized spacial score (nSPS) is 18.1. The Morgan fingerprint density at radius 2 is 1.76 bits per heavy atom. The van der Waals surface area contributed by atoms with Gasteiger partial charge in [0.25, 0.3) is 0 Å². The molecule has 5 heteroatoms. The highest BCUT2D eigenvalue weighted by molar-refractivity contribution is 5.85. The topological polar surface area (TPSA) is 53.5 Å². The second-order valence-corrected chi connectivity index (χ2v) is 9.14. The van der Waals surface area contributed by atoms with Crippen LogP contribution in [0, 0.1) is 5.41 Å². The van der Waals surface area contributed by atoms with E-state index in [0.717, 1.165) is 35.1 Å². The number of benzene rings is 2. The van der Waals surface area contributed by atoms with Gasteiger partial charge >= 0.3 is 0 Å². The van der Waals surface area contributed by atoms with Crippen LogP contribution in [-0.4, -0.2) is 53.8 Å². The molecule has 0 N–H and O–H groups in total. The highest BCUT2D eigenvalue weighted by Crippen LogP contribution is 2.38. The van der Waals surface area contributed by atoms with E-state index in [9.17, 15) is 9.59 Å². The van der Waals surface area contributed by atoms with E-state index in [-0.39, 0.29) is 11.8 Å². The van der Waals surface area contributed by atoms with Crippen LogP contribution in [0.5, 0.6) is 0 Å². The zero-order valence-electron chi connectivity index (χ0n) is 19.4. The summed E-state index contributed by atoms with van der Waals surface area (Å²) in [5.41, 5.74) is 3.67. The summed E-state index contributed by atoms with van der Waals surface area (Å²) in [7, 11) is 3.62. The van der Waals surface area contributed by atoms with Gasteiger partial charge in [0, 0.05) is 39.6 Å². The second kappa shape index (κ2) is 9.99. The fourth-order valence-corrected chi connectivity index (χ4v) is 4.94. The Morgan fingerprint density at radius 1 is 1.00 bits per heavy atom. The number of carbonyl (C=O) groups excluding carboxylic acids is 2. The molecule has 0 bridgehead atoms. The largest absolute Gasteiger partial charge is 0.348 e. The van der Waals surface area contributed by atoms with Crippen LogP contribution in [0.4, 0.5) is 0 Å². The molecule has 1 atom stereocenters. The monoisotopic (exact) mass is 441 g/mol. The van der Waals surface area contributed by atoms with Crippen LogP contribution in [0.15, 0.2) is 79.1 Å². The molecule has 0 radical (unpaired) electrons. The van der Waals surface area contributed by atoms with Crippen molar-refractivity contribution in [3.05, 3.63) is 90.3 Å². The molecule has 1 saturated heterocycles. The molecule has 0 aliphatic carbocycles. The lowest BCUT2D eigenvalue weighted by atomic mass is 9.72. The second-order valence-electron chi connectivity index (χ2n) is 9.14. The molecular weight excluding hydrogens is 410 g/mol. The summed E-state index contributed by atoms with van der Waals surface area (Å²) in [6.07, 6.45) is 5.93. The minimum Gasteiger partial charge on any atom is -0.348 e. The summed E-state index contributed by atoms with van der Waals surface area (Å²) in [6.45, 7) is 1.12. The summed E-state index contributed by atoms with van der Waals surface area (Å²) in [5, 5.41) is 0. The van der Waals surface area contributed by atoms with Crippen molar-refractivity contribution in [3.8, 4) is 11.1 Å². The van der Waals surface area contributed by atoms with Crippen molar-refractivity contribution in [1.29, 1.82) is 0 Å². The lowest BCUT2D eigenvalue weighted by molar-refractivity contribution is -0.147. The number of likely N-dealkylation sites (tertiary alicyclic amines) is 1. The van der Waals surface area contributed by atoms with Gasteiger partial charge in [-0.15, -0.1) is 0 Å². The molecule has 4 rings (SSSR count). The molecular formula is C28H31N3O2. The van der Waals surface area contributed by atoms with Gasteiger partial charge in [-0.1, -0.05) is 60.7 Å². The Bertz CT molecular complexity index is 1100. The van der Waals surface area contributed by atoms with Gasteiger partial charge in [-0.05, 0) is 47.6 Å². The third-order valence-corrected chi connectivity index (χ3v) is 6.50. The van der Waals surface area contributed by atoms with Crippen molar-refractivity contribution < 1.29 is 9.59 Å². The van der Waals surface area contributed by atoms with Gasteiger partial charge in [-0.3, -0.25) is 14.6 Å². The Morgan fingerprint density at radius 3 is 2.48 bits per heavy atom. The molecule has 3 aromatic rings. The van der Waals surface area contributed by atoms with Crippen molar-refractivity contribution in [2.75, 3.05) is 27.2 Å². The quantitative estimate of drug-likeness (QED) is 0.575. The van der Waals surface area contributed by atoms with Crippen LogP contribution >= 0.6 is 0 Å². The zero-order chi connectivity index (χ0) is 23.3. The maximum atomic E-state index is 13.6. The Hall–Kier alpha value is -3.47. The lowest BCUT2D eigenvalue weighted by Gasteiger charge is -2.43. The third kappa shape index (κ3) is 5.14. The number of amides is 2. The first-order valence-electron chi connectivity index (χ1n) is 11.5. The molecule has 2 aromatic carbocycles. The first-order valence-corrected chi connectivity index (χ1v) is 11.5. The zero-order valence-corrected chi connectivity index (χ0v) is 19.4. The molecule has 0 saturated carbocycles. The molecule has 1 aliphatic heterocycles. The summed E-state index contributed by atoms with van der Waals surface area (Å²) in [4.78, 5) is 34.4. The Kier molecular flexibility index (Phi) is 6.87. The molecule has 5 nitrogen and oxygen atoms in total. The Labute approximate surface area is 196 Å². The van der Waals surface area contributed by atoms with E-state index >= 15 is 0 Å². The summed E-state index contributed by atoms with van der Waals surface area (Å²) < 4.78 is 0. The van der Waals surface area contributed by atoms with Gasteiger partial charge < -0.3 is 9.80 Å². The van der Waals surface area contributed by atoms with Crippen molar-refractivity contribution in [2.24, 2.45) is 5.41 Å². The van der Waals surface area contributed by atoms with Crippen LogP contribution in [0.25, 0.3) is 11.1 Å². The molecule has 0 unspecified atom stereocenters. The Balaban J connectivity index is 1.64. The number of piperidine rings is 1. The smallest absolute Gasteiger partial charge is 0.230 e. The molecule has 2 amide bonds. The number of carbonyl (C=O) groups is 2. The van der Waals surface area contributed by atoms with E-state index in [1.165, 1.54) is 0 Å². The molecule has 0 spiro atoms. The number of pyridine rings is 1. The fraction of sp³-hybridized carbons (Fsp3) is 0.321. The minimum absolute atomic E-state index is 0.0509. The van der Waals surface area contributed by atoms with E-state index in [4.69, 9.17) is 0 Å². The van der Waals surface area contributed by atoms with Gasteiger partial charge in [0.05, 0.1) is 11.8 Å². The standard InChI is InChI=1S/C28H31N3O2/c1-30(2)27(33)28(19-24-13-6-7-14-25(24)23-11-4-3-5-12-23)15-9-17-31(21-28)26(32)18-22-10-8-16-29-20-22/h3-8,10-14,16,20H,9,15,17-19,21H2,1-2H3/t28-/m0/s1. The van der Waals surface area contributed by atoms with Crippen LogP contribution in [0.2, 0.25) is 0 Å². The molecule has 1 fully saturated rings. The summed E-state index contributed by atoms with van der Waals surface area (Å²) in [5.74, 6) is 0.138. The van der Waals surface area contributed by atoms with Crippen molar-refractivity contribution in [3.63, 3.8) is 0 Å². The molecule has 1 aromatic heterocycles. The maximum Gasteiger partial charge on any atom is 0.230 e. The molecule has 33 heavy (non-hydrogen) atoms. The van der Waals surface area contributed by atoms with E-state index in [1.807, 2.05) is 61.5 Å². The van der Waals surface area contributed by atoms with E-state index < -0.39 is 5.41 Å². The van der Waals surface area contributed by atoms with Crippen LogP contribution in [-0.2, 0) is 22.4 Å². The predicted octanol–water partition coefficient (Wildman–Crippen LogP) is 4.23. The van der Waals surface area contributed by atoms with E-state index in [2.05, 4.69) is 29.2 Å². The van der Waals surface area contributed by atoms with Gasteiger partial charge in [0.15, 0.2) is 0 Å². The van der Waals surface area contributed by atoms with Crippen LogP contribution in [0.3, 0.4) is 0 Å². The summed E-state index contributed by atoms with van der Waals surface area (Å²) in [6, 6.07) is 22.3. The number of hydrogen-bond acceptors (Lipinski definition) is 3. The maximum absolute atomic E-state index is 13.6. The summed E-state index contributed by atoms with van der Waals surface area (Å²) >= 11 is 0. The minimum atomic E-state index is -0.642. The average Bonchev–Trinajstić information content (AvgIpc) is 2.85. The number of rotatable bonds is 6. The predicted molar refractivity (Wildman–Crippen MR) is 130 cm³/mol. The van der Waals surface area contributed by atoms with Crippen molar-refractivity contribution in [2.45, 2.75) is 25.7 Å². The number of nitrogens with zero attached hydrogens (tertiary/aromatic N) is 3. The van der Waals surface area contributed by atoms with Crippen LogP contribution in [0.1, 0.15) is 24.0 Å². The number of hydrogen-bond donors (Lipinski definition) is 0. The van der Waals surface area contributed by atoms with Gasteiger partial charge in [0.2, 0.25) is 11.8 Å². The van der Waals surface area contributed by atoms with Crippen LogP contribution < -0.4 is 0 Å². The van der Waals surface area contributed by atoms with Gasteiger partial charge in [-0.2, -0.15) is 0 Å². The van der Waals surface area contributed by atoms with E-state index in [0.29, 0.717) is 25.9 Å². The molecule has 1 aliphatic rings.